The first-order valence-electron chi connectivity index (χ1n) is 11.6. The molecule has 3 N–H and O–H groups in total. The van der Waals surface area contributed by atoms with Crippen LogP contribution in [0.4, 0.5) is 4.79 Å². The Labute approximate surface area is 181 Å². The lowest BCUT2D eigenvalue weighted by Crippen LogP contribution is -2.45. The standard InChI is InChI=1S/C22H41N5O3/c1-5-23-20(24-13-9-14-25-21(29)30-22(2,3)4)26-18-12-15-27(16-18)19(28)17-10-7-6-8-11-17/h17-18H,5-16H2,1-4H3,(H,25,29)(H2,23,24,26). The van der Waals surface area contributed by atoms with Crippen LogP contribution >= 0.6 is 0 Å². The van der Waals surface area contributed by atoms with Gasteiger partial charge in [0.1, 0.15) is 5.60 Å². The molecule has 1 saturated carbocycles. The summed E-state index contributed by atoms with van der Waals surface area (Å²) in [6.45, 7) is 11.0. The predicted molar refractivity (Wildman–Crippen MR) is 120 cm³/mol. The number of hydrogen-bond acceptors (Lipinski definition) is 4. The predicted octanol–water partition coefficient (Wildman–Crippen LogP) is 2.64. The summed E-state index contributed by atoms with van der Waals surface area (Å²) >= 11 is 0. The van der Waals surface area contributed by atoms with E-state index in [1.807, 2.05) is 32.6 Å². The molecule has 0 aromatic carbocycles. The fourth-order valence-corrected chi connectivity index (χ4v) is 3.97. The van der Waals surface area contributed by atoms with Gasteiger partial charge in [-0.15, -0.1) is 0 Å². The summed E-state index contributed by atoms with van der Waals surface area (Å²) in [6.07, 6.45) is 7.02. The van der Waals surface area contributed by atoms with E-state index < -0.39 is 11.7 Å². The minimum absolute atomic E-state index is 0.232. The van der Waals surface area contributed by atoms with Crippen molar-refractivity contribution in [2.75, 3.05) is 32.7 Å². The molecule has 2 aliphatic rings. The SMILES string of the molecule is CCNC(=NCCCNC(=O)OC(C)(C)C)NC1CCN(C(=O)C2CCCCC2)C1. The highest BCUT2D eigenvalue weighted by Gasteiger charge is 2.31. The van der Waals surface area contributed by atoms with Gasteiger partial charge in [0.2, 0.25) is 5.91 Å². The smallest absolute Gasteiger partial charge is 0.407 e. The number of hydrogen-bond donors (Lipinski definition) is 3. The number of nitrogens with zero attached hydrogens (tertiary/aromatic N) is 2. The van der Waals surface area contributed by atoms with Gasteiger partial charge >= 0.3 is 6.09 Å². The minimum atomic E-state index is -0.488. The van der Waals surface area contributed by atoms with Gasteiger partial charge in [-0.3, -0.25) is 9.79 Å². The summed E-state index contributed by atoms with van der Waals surface area (Å²) in [5, 5.41) is 9.49. The van der Waals surface area contributed by atoms with Gasteiger partial charge in [0.15, 0.2) is 5.96 Å². The molecule has 1 aliphatic heterocycles. The molecule has 2 rings (SSSR count). The van der Waals surface area contributed by atoms with Gasteiger partial charge < -0.3 is 25.6 Å². The number of guanidine groups is 1. The number of nitrogens with one attached hydrogen (secondary N) is 3. The van der Waals surface area contributed by atoms with E-state index in [9.17, 15) is 9.59 Å². The minimum Gasteiger partial charge on any atom is -0.444 e. The molecule has 1 aliphatic carbocycles. The molecule has 0 aromatic heterocycles. The highest BCUT2D eigenvalue weighted by atomic mass is 16.6. The summed E-state index contributed by atoms with van der Waals surface area (Å²) in [5.74, 6) is 1.35. The molecule has 30 heavy (non-hydrogen) atoms. The average Bonchev–Trinajstić information content (AvgIpc) is 3.15. The van der Waals surface area contributed by atoms with Gasteiger partial charge in [0.25, 0.3) is 0 Å². The molecular weight excluding hydrogens is 382 g/mol. The van der Waals surface area contributed by atoms with Crippen LogP contribution in [0.25, 0.3) is 0 Å². The van der Waals surface area contributed by atoms with E-state index in [2.05, 4.69) is 20.9 Å². The van der Waals surface area contributed by atoms with Crippen molar-refractivity contribution in [2.24, 2.45) is 10.9 Å². The zero-order chi connectivity index (χ0) is 22.0. The third-order valence-corrected chi connectivity index (χ3v) is 5.41. The second-order valence-corrected chi connectivity index (χ2v) is 9.29. The first kappa shape index (κ1) is 24.3. The molecule has 0 spiro atoms. The molecule has 172 valence electrons. The highest BCUT2D eigenvalue weighted by molar-refractivity contribution is 5.81. The second kappa shape index (κ2) is 12.0. The Balaban J connectivity index is 1.71. The van der Waals surface area contributed by atoms with Gasteiger partial charge in [0, 0.05) is 44.7 Å². The molecule has 2 fully saturated rings. The Kier molecular flexibility index (Phi) is 9.72. The summed E-state index contributed by atoms with van der Waals surface area (Å²) in [5.41, 5.74) is -0.488. The first-order valence-corrected chi connectivity index (χ1v) is 11.6. The van der Waals surface area contributed by atoms with Crippen molar-refractivity contribution in [3.63, 3.8) is 0 Å². The van der Waals surface area contributed by atoms with E-state index in [4.69, 9.17) is 4.74 Å². The molecule has 8 heteroatoms. The van der Waals surface area contributed by atoms with Crippen molar-refractivity contribution in [3.05, 3.63) is 0 Å². The van der Waals surface area contributed by atoms with Crippen LogP contribution in [-0.4, -0.2) is 67.2 Å². The van der Waals surface area contributed by atoms with Crippen molar-refractivity contribution in [2.45, 2.75) is 84.3 Å². The molecule has 0 aromatic rings. The zero-order valence-electron chi connectivity index (χ0n) is 19.3. The molecule has 1 saturated heterocycles. The van der Waals surface area contributed by atoms with Crippen molar-refractivity contribution in [1.82, 2.24) is 20.9 Å². The van der Waals surface area contributed by atoms with E-state index in [0.717, 1.165) is 51.3 Å². The Morgan fingerprint density at radius 3 is 2.50 bits per heavy atom. The van der Waals surface area contributed by atoms with Gasteiger partial charge in [-0.2, -0.15) is 0 Å². The molecule has 1 atom stereocenters. The van der Waals surface area contributed by atoms with Crippen LogP contribution in [0.2, 0.25) is 0 Å². The first-order chi connectivity index (χ1) is 14.3. The Bertz CT molecular complexity index is 582. The number of alkyl carbamates (subject to hydrolysis) is 1. The fraction of sp³-hybridized carbons (Fsp3) is 0.864. The van der Waals surface area contributed by atoms with Crippen molar-refractivity contribution in [3.8, 4) is 0 Å². The lowest BCUT2D eigenvalue weighted by Gasteiger charge is -2.26. The third-order valence-electron chi connectivity index (χ3n) is 5.41. The number of ether oxygens (including phenoxy) is 1. The lowest BCUT2D eigenvalue weighted by molar-refractivity contribution is -0.135. The maximum atomic E-state index is 12.8. The Hall–Kier alpha value is -1.99. The van der Waals surface area contributed by atoms with Gasteiger partial charge in [0.05, 0.1) is 0 Å². The molecule has 8 nitrogen and oxygen atoms in total. The van der Waals surface area contributed by atoms with Crippen LogP contribution in [0.3, 0.4) is 0 Å². The molecule has 1 heterocycles. The molecule has 2 amide bonds. The van der Waals surface area contributed by atoms with Crippen LogP contribution in [0.15, 0.2) is 4.99 Å². The van der Waals surface area contributed by atoms with Gasteiger partial charge in [-0.05, 0) is 53.4 Å². The van der Waals surface area contributed by atoms with Gasteiger partial charge in [-0.25, -0.2) is 4.79 Å². The molecule has 0 radical (unpaired) electrons. The van der Waals surface area contributed by atoms with E-state index in [0.29, 0.717) is 19.0 Å². The summed E-state index contributed by atoms with van der Waals surface area (Å²) in [7, 11) is 0. The van der Waals surface area contributed by atoms with E-state index in [1.165, 1.54) is 19.3 Å². The maximum Gasteiger partial charge on any atom is 0.407 e. The molecular formula is C22H41N5O3. The Morgan fingerprint density at radius 2 is 1.83 bits per heavy atom. The number of rotatable bonds is 7. The maximum absolute atomic E-state index is 12.8. The van der Waals surface area contributed by atoms with Crippen LogP contribution in [0.5, 0.6) is 0 Å². The van der Waals surface area contributed by atoms with Crippen LogP contribution in [0, 0.1) is 5.92 Å². The summed E-state index contributed by atoms with van der Waals surface area (Å²) in [6, 6.07) is 0.232. The summed E-state index contributed by atoms with van der Waals surface area (Å²) in [4.78, 5) is 31.0. The fourth-order valence-electron chi connectivity index (χ4n) is 3.97. The molecule has 1 unspecified atom stereocenters. The second-order valence-electron chi connectivity index (χ2n) is 9.29. The number of aliphatic imine (C=N–C) groups is 1. The zero-order valence-corrected chi connectivity index (χ0v) is 19.3. The Morgan fingerprint density at radius 1 is 1.10 bits per heavy atom. The quantitative estimate of drug-likeness (QED) is 0.332. The lowest BCUT2D eigenvalue weighted by atomic mass is 9.88. The highest BCUT2D eigenvalue weighted by Crippen LogP contribution is 2.26. The normalized spacial score (nSPS) is 20.7. The van der Waals surface area contributed by atoms with Gasteiger partial charge in [-0.1, -0.05) is 19.3 Å². The van der Waals surface area contributed by atoms with Crippen molar-refractivity contribution >= 4 is 18.0 Å². The topological polar surface area (TPSA) is 95.1 Å². The summed E-state index contributed by atoms with van der Waals surface area (Å²) < 4.78 is 5.22. The van der Waals surface area contributed by atoms with Crippen molar-refractivity contribution in [1.29, 1.82) is 0 Å². The monoisotopic (exact) mass is 423 g/mol. The van der Waals surface area contributed by atoms with Crippen LogP contribution in [-0.2, 0) is 9.53 Å². The van der Waals surface area contributed by atoms with Crippen molar-refractivity contribution < 1.29 is 14.3 Å². The van der Waals surface area contributed by atoms with Crippen LogP contribution in [0.1, 0.15) is 72.6 Å². The average molecular weight is 424 g/mol. The largest absolute Gasteiger partial charge is 0.444 e. The number of carbonyl (C=O) groups is 2. The number of amides is 2. The number of likely N-dealkylation sites (tertiary alicyclic amines) is 1. The molecule has 0 bridgehead atoms. The van der Waals surface area contributed by atoms with E-state index in [1.54, 1.807) is 0 Å². The van der Waals surface area contributed by atoms with E-state index >= 15 is 0 Å². The third kappa shape index (κ3) is 8.79. The number of carbonyl (C=O) groups excluding carboxylic acids is 2. The van der Waals surface area contributed by atoms with Crippen LogP contribution < -0.4 is 16.0 Å². The van der Waals surface area contributed by atoms with E-state index in [-0.39, 0.29) is 12.0 Å².